The van der Waals surface area contributed by atoms with Crippen LogP contribution < -0.4 is 0 Å². The monoisotopic (exact) mass is 286 g/mol. The maximum absolute atomic E-state index is 4.75. The first kappa shape index (κ1) is 14.2. The molecule has 1 atom stereocenters. The van der Waals surface area contributed by atoms with Gasteiger partial charge in [-0.2, -0.15) is 0 Å². The molecule has 2 aromatic rings. The van der Waals surface area contributed by atoms with Gasteiger partial charge in [-0.15, -0.1) is 0 Å². The summed E-state index contributed by atoms with van der Waals surface area (Å²) in [7, 11) is 4.11. The summed E-state index contributed by atoms with van der Waals surface area (Å²) in [6.07, 6.45) is 7.82. The van der Waals surface area contributed by atoms with Crippen molar-refractivity contribution in [2.75, 3.05) is 20.6 Å². The van der Waals surface area contributed by atoms with E-state index < -0.39 is 0 Å². The predicted octanol–water partition coefficient (Wildman–Crippen LogP) is 1.60. The van der Waals surface area contributed by atoms with Gasteiger partial charge in [-0.05, 0) is 39.5 Å². The van der Waals surface area contributed by atoms with Gasteiger partial charge in [-0.1, -0.05) is 0 Å². The highest BCUT2D eigenvalue weighted by atomic mass is 15.2. The van der Waals surface area contributed by atoms with E-state index >= 15 is 0 Å². The minimum absolute atomic E-state index is 0.315. The van der Waals surface area contributed by atoms with Gasteiger partial charge in [-0.25, -0.2) is 15.0 Å². The summed E-state index contributed by atoms with van der Waals surface area (Å²) in [4.78, 5) is 21.1. The molecule has 6 heteroatoms. The summed E-state index contributed by atoms with van der Waals surface area (Å²) in [6.45, 7) is 2.82. The Bertz CT molecular complexity index is 565. The topological polar surface area (TPSA) is 60.9 Å². The average Bonchev–Trinajstić information content (AvgIpc) is 3.10. The van der Waals surface area contributed by atoms with Gasteiger partial charge in [0.2, 0.25) is 0 Å². The average molecular weight is 286 g/mol. The molecule has 1 saturated heterocycles. The fourth-order valence-corrected chi connectivity index (χ4v) is 2.88. The Hall–Kier alpha value is -1.79. The van der Waals surface area contributed by atoms with Crippen LogP contribution in [0, 0.1) is 0 Å². The lowest BCUT2D eigenvalue weighted by molar-refractivity contribution is 0.236. The maximum Gasteiger partial charge on any atom is 0.145 e. The molecule has 3 heterocycles. The van der Waals surface area contributed by atoms with Crippen molar-refractivity contribution in [3.8, 4) is 0 Å². The molecule has 1 unspecified atom stereocenters. The van der Waals surface area contributed by atoms with Crippen molar-refractivity contribution >= 4 is 0 Å². The highest BCUT2D eigenvalue weighted by molar-refractivity contribution is 5.07. The predicted molar refractivity (Wildman–Crippen MR) is 80.4 cm³/mol. The number of hydrogen-bond donors (Lipinski definition) is 1. The zero-order chi connectivity index (χ0) is 14.7. The number of H-pyrrole nitrogens is 1. The second kappa shape index (κ2) is 6.32. The Kier molecular flexibility index (Phi) is 4.26. The van der Waals surface area contributed by atoms with E-state index in [2.05, 4.69) is 38.8 Å². The van der Waals surface area contributed by atoms with Gasteiger partial charge in [-0.3, -0.25) is 4.90 Å². The van der Waals surface area contributed by atoms with Crippen LogP contribution in [0.4, 0.5) is 0 Å². The van der Waals surface area contributed by atoms with Gasteiger partial charge in [0.05, 0.1) is 18.1 Å². The fourth-order valence-electron chi connectivity index (χ4n) is 2.88. The molecular formula is C15H22N6. The molecule has 1 N–H and O–H groups in total. The van der Waals surface area contributed by atoms with Crippen LogP contribution in [-0.4, -0.2) is 50.4 Å². The van der Waals surface area contributed by atoms with Gasteiger partial charge in [0.15, 0.2) is 0 Å². The SMILES string of the molecule is CN(C)Cc1ccnc(C2CCCN2Cc2cnc[nH]2)n1. The standard InChI is InChI=1S/C15H22N6/c1-20(2)9-12-5-6-17-15(19-12)14-4-3-7-21(14)10-13-8-16-11-18-13/h5-6,8,11,14H,3-4,7,9-10H2,1-2H3,(H,16,18). The number of aromatic nitrogens is 4. The molecule has 0 aliphatic carbocycles. The van der Waals surface area contributed by atoms with Crippen molar-refractivity contribution in [3.05, 3.63) is 42.0 Å². The molecule has 3 rings (SSSR count). The van der Waals surface area contributed by atoms with Crippen molar-refractivity contribution in [3.63, 3.8) is 0 Å². The Morgan fingerprint density at radius 1 is 1.43 bits per heavy atom. The Morgan fingerprint density at radius 2 is 2.33 bits per heavy atom. The molecule has 0 aromatic carbocycles. The van der Waals surface area contributed by atoms with Crippen LogP contribution in [0.5, 0.6) is 0 Å². The third-order valence-corrected chi connectivity index (χ3v) is 3.80. The van der Waals surface area contributed by atoms with Crippen LogP contribution in [0.25, 0.3) is 0 Å². The molecule has 0 radical (unpaired) electrons. The first-order chi connectivity index (χ1) is 10.2. The van der Waals surface area contributed by atoms with Crippen LogP contribution in [0.3, 0.4) is 0 Å². The van der Waals surface area contributed by atoms with Crippen molar-refractivity contribution in [1.82, 2.24) is 29.7 Å². The maximum atomic E-state index is 4.75. The largest absolute Gasteiger partial charge is 0.347 e. The van der Waals surface area contributed by atoms with E-state index in [4.69, 9.17) is 4.98 Å². The minimum atomic E-state index is 0.315. The van der Waals surface area contributed by atoms with E-state index in [-0.39, 0.29) is 0 Å². The minimum Gasteiger partial charge on any atom is -0.347 e. The fraction of sp³-hybridized carbons (Fsp3) is 0.533. The van der Waals surface area contributed by atoms with Crippen molar-refractivity contribution in [1.29, 1.82) is 0 Å². The van der Waals surface area contributed by atoms with E-state index in [0.717, 1.165) is 43.3 Å². The van der Waals surface area contributed by atoms with E-state index in [9.17, 15) is 0 Å². The number of hydrogen-bond acceptors (Lipinski definition) is 5. The van der Waals surface area contributed by atoms with Gasteiger partial charge >= 0.3 is 0 Å². The number of imidazole rings is 1. The van der Waals surface area contributed by atoms with E-state index in [1.54, 1.807) is 6.33 Å². The number of aromatic amines is 1. The van der Waals surface area contributed by atoms with Crippen LogP contribution in [0.2, 0.25) is 0 Å². The number of nitrogens with zero attached hydrogens (tertiary/aromatic N) is 5. The summed E-state index contributed by atoms with van der Waals surface area (Å²) in [6, 6.07) is 2.31. The van der Waals surface area contributed by atoms with Crippen LogP contribution in [0.15, 0.2) is 24.8 Å². The Labute approximate surface area is 125 Å². The molecular weight excluding hydrogens is 264 g/mol. The van der Waals surface area contributed by atoms with Gasteiger partial charge in [0.25, 0.3) is 0 Å². The van der Waals surface area contributed by atoms with Crippen molar-refractivity contribution in [2.45, 2.75) is 32.0 Å². The summed E-state index contributed by atoms with van der Waals surface area (Å²) >= 11 is 0. The summed E-state index contributed by atoms with van der Waals surface area (Å²) in [5.41, 5.74) is 2.23. The Balaban J connectivity index is 1.75. The molecule has 1 fully saturated rings. The number of nitrogens with one attached hydrogen (secondary N) is 1. The smallest absolute Gasteiger partial charge is 0.145 e. The molecule has 6 nitrogen and oxygen atoms in total. The molecule has 0 saturated carbocycles. The molecule has 0 bridgehead atoms. The second-order valence-electron chi connectivity index (χ2n) is 5.85. The lowest BCUT2D eigenvalue weighted by Gasteiger charge is -2.23. The van der Waals surface area contributed by atoms with E-state index in [1.165, 1.54) is 6.42 Å². The molecule has 0 spiro atoms. The highest BCUT2D eigenvalue weighted by Crippen LogP contribution is 2.30. The summed E-state index contributed by atoms with van der Waals surface area (Å²) in [5.74, 6) is 0.950. The van der Waals surface area contributed by atoms with Gasteiger partial charge in [0.1, 0.15) is 5.82 Å². The van der Waals surface area contributed by atoms with Crippen LogP contribution >= 0.6 is 0 Å². The van der Waals surface area contributed by atoms with Crippen LogP contribution in [-0.2, 0) is 13.1 Å². The molecule has 1 aliphatic rings. The highest BCUT2D eigenvalue weighted by Gasteiger charge is 2.28. The Morgan fingerprint density at radius 3 is 3.10 bits per heavy atom. The van der Waals surface area contributed by atoms with Crippen molar-refractivity contribution in [2.24, 2.45) is 0 Å². The van der Waals surface area contributed by atoms with E-state index in [0.29, 0.717) is 6.04 Å². The zero-order valence-corrected chi connectivity index (χ0v) is 12.7. The first-order valence-electron chi connectivity index (χ1n) is 7.40. The molecule has 21 heavy (non-hydrogen) atoms. The lowest BCUT2D eigenvalue weighted by Crippen LogP contribution is -2.25. The first-order valence-corrected chi connectivity index (χ1v) is 7.40. The summed E-state index contributed by atoms with van der Waals surface area (Å²) < 4.78 is 0. The van der Waals surface area contributed by atoms with Crippen LogP contribution in [0.1, 0.15) is 36.1 Å². The molecule has 2 aromatic heterocycles. The summed E-state index contributed by atoms with van der Waals surface area (Å²) in [5, 5.41) is 0. The number of likely N-dealkylation sites (tertiary alicyclic amines) is 1. The zero-order valence-electron chi connectivity index (χ0n) is 12.7. The lowest BCUT2D eigenvalue weighted by atomic mass is 10.2. The third kappa shape index (κ3) is 3.46. The normalized spacial score (nSPS) is 19.5. The molecule has 1 aliphatic heterocycles. The van der Waals surface area contributed by atoms with Gasteiger partial charge in [0, 0.05) is 31.2 Å². The number of rotatable bonds is 5. The van der Waals surface area contributed by atoms with Gasteiger partial charge < -0.3 is 9.88 Å². The van der Waals surface area contributed by atoms with Crippen molar-refractivity contribution < 1.29 is 0 Å². The van der Waals surface area contributed by atoms with E-state index in [1.807, 2.05) is 18.5 Å². The molecule has 0 amide bonds. The third-order valence-electron chi connectivity index (χ3n) is 3.80. The molecule has 112 valence electrons. The quantitative estimate of drug-likeness (QED) is 0.904. The second-order valence-corrected chi connectivity index (χ2v) is 5.85.